The van der Waals surface area contributed by atoms with E-state index in [1.165, 1.54) is 13.3 Å². The minimum atomic E-state index is -0.783. The Balaban J connectivity index is 2.60. The number of aromatic amines is 1. The third-order valence-electron chi connectivity index (χ3n) is 2.59. The van der Waals surface area contributed by atoms with Crippen molar-refractivity contribution in [1.29, 1.82) is 0 Å². The first kappa shape index (κ1) is 15.9. The Bertz CT molecular complexity index is 456. The highest BCUT2D eigenvalue weighted by Gasteiger charge is 2.23. The Morgan fingerprint density at radius 3 is 2.70 bits per heavy atom. The molecule has 7 nitrogen and oxygen atoms in total. The Labute approximate surface area is 117 Å². The molecule has 1 aromatic heterocycles. The second kappa shape index (κ2) is 8.08. The largest absolute Gasteiger partial charge is 0.464 e. The fourth-order valence-corrected chi connectivity index (χ4v) is 1.61. The monoisotopic (exact) mass is 281 g/mol. The van der Waals surface area contributed by atoms with Crippen molar-refractivity contribution in [2.75, 3.05) is 6.61 Å². The number of ketones is 1. The summed E-state index contributed by atoms with van der Waals surface area (Å²) in [7, 11) is 0. The van der Waals surface area contributed by atoms with Gasteiger partial charge in [-0.05, 0) is 13.8 Å². The van der Waals surface area contributed by atoms with Crippen LogP contribution in [0, 0.1) is 0 Å². The molecule has 20 heavy (non-hydrogen) atoms. The second-order valence-corrected chi connectivity index (χ2v) is 4.36. The average Bonchev–Trinajstić information content (AvgIpc) is 2.89. The van der Waals surface area contributed by atoms with Crippen LogP contribution in [0.3, 0.4) is 0 Å². The molecule has 1 aromatic rings. The predicted octanol–water partition coefficient (Wildman–Crippen LogP) is 0.369. The zero-order valence-corrected chi connectivity index (χ0v) is 11.6. The number of esters is 1. The van der Waals surface area contributed by atoms with E-state index in [1.54, 1.807) is 13.1 Å². The minimum Gasteiger partial charge on any atom is -0.464 e. The van der Waals surface area contributed by atoms with Crippen LogP contribution >= 0.6 is 0 Å². The third-order valence-corrected chi connectivity index (χ3v) is 2.59. The van der Waals surface area contributed by atoms with Crippen molar-refractivity contribution in [2.45, 2.75) is 39.2 Å². The lowest BCUT2D eigenvalue weighted by Gasteiger charge is -2.16. The van der Waals surface area contributed by atoms with Crippen molar-refractivity contribution in [3.8, 4) is 0 Å². The van der Waals surface area contributed by atoms with E-state index in [0.717, 1.165) is 5.69 Å². The number of H-pyrrole nitrogens is 1. The molecule has 1 rings (SSSR count). The smallest absolute Gasteiger partial charge is 0.329 e. The van der Waals surface area contributed by atoms with Crippen LogP contribution < -0.4 is 5.32 Å². The first-order valence-electron chi connectivity index (χ1n) is 6.45. The molecule has 7 heteroatoms. The van der Waals surface area contributed by atoms with E-state index in [2.05, 4.69) is 15.3 Å². The van der Waals surface area contributed by atoms with Crippen molar-refractivity contribution in [3.63, 3.8) is 0 Å². The van der Waals surface area contributed by atoms with Crippen molar-refractivity contribution in [1.82, 2.24) is 15.3 Å². The molecule has 0 aliphatic heterocycles. The van der Waals surface area contributed by atoms with E-state index in [1.807, 2.05) is 0 Å². The molecule has 0 aromatic carbocycles. The third kappa shape index (κ3) is 5.64. The Morgan fingerprint density at radius 1 is 1.40 bits per heavy atom. The lowest BCUT2D eigenvalue weighted by Crippen LogP contribution is -2.43. The molecule has 0 aliphatic rings. The highest BCUT2D eigenvalue weighted by Crippen LogP contribution is 2.02. The summed E-state index contributed by atoms with van der Waals surface area (Å²) < 4.78 is 4.92. The van der Waals surface area contributed by atoms with Crippen LogP contribution in [0.2, 0.25) is 0 Å². The molecule has 0 saturated heterocycles. The molecule has 0 saturated carbocycles. The van der Waals surface area contributed by atoms with E-state index < -0.39 is 12.0 Å². The fraction of sp³-hybridized carbons (Fsp3) is 0.538. The molecule has 1 amide bonds. The average molecular weight is 281 g/mol. The standard InChI is InChI=1S/C13H19N3O4/c1-3-20-13(19)11(6-10-7-14-8-15-10)16-12(18)5-4-9(2)17/h7-8,11H,3-6H2,1-2H3,(H,14,15)(H,16,18). The van der Waals surface area contributed by atoms with Crippen LogP contribution in [-0.4, -0.2) is 40.3 Å². The summed E-state index contributed by atoms with van der Waals surface area (Å²) in [6.07, 6.45) is 3.56. The molecule has 2 N–H and O–H groups in total. The van der Waals surface area contributed by atoms with Crippen molar-refractivity contribution < 1.29 is 19.1 Å². The molecule has 1 unspecified atom stereocenters. The number of nitrogens with zero attached hydrogens (tertiary/aromatic N) is 1. The van der Waals surface area contributed by atoms with Gasteiger partial charge in [0.2, 0.25) is 5.91 Å². The number of hydrogen-bond acceptors (Lipinski definition) is 5. The van der Waals surface area contributed by atoms with Gasteiger partial charge in [-0.1, -0.05) is 0 Å². The Morgan fingerprint density at radius 2 is 2.15 bits per heavy atom. The quantitative estimate of drug-likeness (QED) is 0.670. The van der Waals surface area contributed by atoms with E-state index >= 15 is 0 Å². The van der Waals surface area contributed by atoms with E-state index in [4.69, 9.17) is 4.74 Å². The lowest BCUT2D eigenvalue weighted by molar-refractivity contribution is -0.147. The summed E-state index contributed by atoms with van der Waals surface area (Å²) in [6, 6.07) is -0.783. The van der Waals surface area contributed by atoms with Gasteiger partial charge in [0.25, 0.3) is 0 Å². The van der Waals surface area contributed by atoms with Gasteiger partial charge in [0.1, 0.15) is 11.8 Å². The zero-order valence-electron chi connectivity index (χ0n) is 11.6. The van der Waals surface area contributed by atoms with Crippen LogP contribution in [0.1, 0.15) is 32.4 Å². The summed E-state index contributed by atoms with van der Waals surface area (Å²) >= 11 is 0. The number of Topliss-reactive ketones (excluding diaryl/α,β-unsaturated/α-hetero) is 1. The normalized spacial score (nSPS) is 11.7. The van der Waals surface area contributed by atoms with E-state index in [9.17, 15) is 14.4 Å². The van der Waals surface area contributed by atoms with Crippen molar-refractivity contribution >= 4 is 17.7 Å². The number of rotatable bonds is 8. The van der Waals surface area contributed by atoms with Gasteiger partial charge >= 0.3 is 5.97 Å². The first-order valence-corrected chi connectivity index (χ1v) is 6.45. The van der Waals surface area contributed by atoms with Crippen LogP contribution in [0.15, 0.2) is 12.5 Å². The van der Waals surface area contributed by atoms with Crippen LogP contribution in [0.4, 0.5) is 0 Å². The van der Waals surface area contributed by atoms with Gasteiger partial charge in [-0.2, -0.15) is 0 Å². The number of hydrogen-bond donors (Lipinski definition) is 2. The second-order valence-electron chi connectivity index (χ2n) is 4.36. The summed E-state index contributed by atoms with van der Waals surface area (Å²) in [5.74, 6) is -0.919. The van der Waals surface area contributed by atoms with Crippen LogP contribution in [0.5, 0.6) is 0 Å². The molecular formula is C13H19N3O4. The van der Waals surface area contributed by atoms with Gasteiger partial charge in [-0.15, -0.1) is 0 Å². The summed E-state index contributed by atoms with van der Waals surface area (Å²) in [4.78, 5) is 41.1. The molecule has 0 fully saturated rings. The molecule has 110 valence electrons. The van der Waals surface area contributed by atoms with Gasteiger partial charge in [0, 0.05) is 31.2 Å². The maximum Gasteiger partial charge on any atom is 0.329 e. The lowest BCUT2D eigenvalue weighted by atomic mass is 10.1. The maximum absolute atomic E-state index is 11.8. The van der Waals surface area contributed by atoms with Crippen molar-refractivity contribution in [2.24, 2.45) is 0 Å². The maximum atomic E-state index is 11.8. The predicted molar refractivity (Wildman–Crippen MR) is 70.8 cm³/mol. The molecule has 0 bridgehead atoms. The van der Waals surface area contributed by atoms with Gasteiger partial charge in [0.05, 0.1) is 12.9 Å². The minimum absolute atomic E-state index is 0.0637. The highest BCUT2D eigenvalue weighted by molar-refractivity contribution is 5.87. The first-order chi connectivity index (χ1) is 9.52. The number of carbonyl (C=O) groups excluding carboxylic acids is 3. The van der Waals surface area contributed by atoms with Gasteiger partial charge < -0.3 is 19.8 Å². The topological polar surface area (TPSA) is 101 Å². The van der Waals surface area contributed by atoms with Crippen molar-refractivity contribution in [3.05, 3.63) is 18.2 Å². The van der Waals surface area contributed by atoms with Crippen LogP contribution in [-0.2, 0) is 25.5 Å². The summed E-state index contributed by atoms with van der Waals surface area (Å²) in [5, 5.41) is 2.58. The number of nitrogens with one attached hydrogen (secondary N) is 2. The summed E-state index contributed by atoms with van der Waals surface area (Å²) in [6.45, 7) is 3.35. The molecule has 0 aliphatic carbocycles. The molecule has 1 heterocycles. The number of imidazole rings is 1. The number of aromatic nitrogens is 2. The number of amides is 1. The molecule has 0 radical (unpaired) electrons. The van der Waals surface area contributed by atoms with E-state index in [0.29, 0.717) is 0 Å². The number of carbonyl (C=O) groups is 3. The fourth-order valence-electron chi connectivity index (χ4n) is 1.61. The van der Waals surface area contributed by atoms with Gasteiger partial charge in [0.15, 0.2) is 0 Å². The SMILES string of the molecule is CCOC(=O)C(Cc1cnc[nH]1)NC(=O)CCC(C)=O. The highest BCUT2D eigenvalue weighted by atomic mass is 16.5. The Kier molecular flexibility index (Phi) is 6.42. The van der Waals surface area contributed by atoms with E-state index in [-0.39, 0.29) is 37.6 Å². The zero-order chi connectivity index (χ0) is 15.0. The van der Waals surface area contributed by atoms with Crippen LogP contribution in [0.25, 0.3) is 0 Å². The molecular weight excluding hydrogens is 262 g/mol. The Hall–Kier alpha value is -2.18. The number of ether oxygens (including phenoxy) is 1. The molecule has 0 spiro atoms. The van der Waals surface area contributed by atoms with Gasteiger partial charge in [-0.3, -0.25) is 4.79 Å². The van der Waals surface area contributed by atoms with Gasteiger partial charge in [-0.25, -0.2) is 9.78 Å². The summed E-state index contributed by atoms with van der Waals surface area (Å²) in [5.41, 5.74) is 0.718. The molecule has 1 atom stereocenters.